The largest absolute Gasteiger partial charge is 0.390 e. The van der Waals surface area contributed by atoms with Crippen LogP contribution in [0.2, 0.25) is 0 Å². The average molecular weight is 472 g/mol. The Hall–Kier alpha value is -2.24. The van der Waals surface area contributed by atoms with Crippen LogP contribution >= 0.6 is 12.4 Å². The van der Waals surface area contributed by atoms with Crippen molar-refractivity contribution in [3.8, 4) is 0 Å². The van der Waals surface area contributed by atoms with Crippen molar-refractivity contribution in [2.24, 2.45) is 0 Å². The summed E-state index contributed by atoms with van der Waals surface area (Å²) in [4.78, 5) is 12.3. The molecule has 1 saturated heterocycles. The second-order valence-corrected chi connectivity index (χ2v) is 9.05. The number of anilines is 1. The maximum Gasteiger partial charge on any atom is 0.269 e. The van der Waals surface area contributed by atoms with Gasteiger partial charge >= 0.3 is 0 Å². The first-order valence-electron chi connectivity index (χ1n) is 9.59. The molecule has 1 atom stereocenters. The van der Waals surface area contributed by atoms with Crippen molar-refractivity contribution in [3.63, 3.8) is 0 Å². The lowest BCUT2D eigenvalue weighted by atomic mass is 10.2. The van der Waals surface area contributed by atoms with E-state index >= 15 is 0 Å². The van der Waals surface area contributed by atoms with Crippen LogP contribution in [0, 0.1) is 17.0 Å². The van der Waals surface area contributed by atoms with Crippen molar-refractivity contribution in [2.45, 2.75) is 17.9 Å². The van der Waals surface area contributed by atoms with E-state index in [4.69, 9.17) is 4.74 Å². The molecule has 1 fully saturated rings. The number of hydrogen-bond acceptors (Lipinski definition) is 7. The maximum atomic E-state index is 13.3. The highest BCUT2D eigenvalue weighted by Crippen LogP contribution is 2.26. The maximum absolute atomic E-state index is 13.3. The quantitative estimate of drug-likeness (QED) is 0.463. The predicted molar refractivity (Wildman–Crippen MR) is 119 cm³/mol. The van der Waals surface area contributed by atoms with Crippen LogP contribution in [0.4, 0.5) is 11.4 Å². The molecule has 170 valence electrons. The van der Waals surface area contributed by atoms with E-state index in [0.29, 0.717) is 38.5 Å². The Labute approximate surface area is 187 Å². The molecule has 0 bridgehead atoms. The average Bonchev–Trinajstić information content (AvgIpc) is 2.73. The Morgan fingerprint density at radius 1 is 1.13 bits per heavy atom. The summed E-state index contributed by atoms with van der Waals surface area (Å²) in [5, 5.41) is 21.5. The second kappa shape index (κ2) is 10.9. The molecule has 9 nitrogen and oxygen atoms in total. The van der Waals surface area contributed by atoms with E-state index in [9.17, 15) is 23.6 Å². The number of morpholine rings is 1. The van der Waals surface area contributed by atoms with Crippen LogP contribution in [-0.4, -0.2) is 68.8 Å². The summed E-state index contributed by atoms with van der Waals surface area (Å²) in [6.45, 7) is 4.59. The number of aliphatic hydroxyl groups is 1. The smallest absolute Gasteiger partial charge is 0.269 e. The number of non-ortho nitro benzene ring substituents is 1. The van der Waals surface area contributed by atoms with Crippen molar-refractivity contribution in [3.05, 3.63) is 64.2 Å². The van der Waals surface area contributed by atoms with E-state index < -0.39 is 21.1 Å². The number of aliphatic hydroxyl groups excluding tert-OH is 1. The Balaban J connectivity index is 0.00000341. The van der Waals surface area contributed by atoms with Crippen molar-refractivity contribution < 1.29 is 23.2 Å². The van der Waals surface area contributed by atoms with Crippen molar-refractivity contribution in [2.75, 3.05) is 43.7 Å². The van der Waals surface area contributed by atoms with E-state index in [1.54, 1.807) is 24.3 Å². The molecule has 0 radical (unpaired) electrons. The molecule has 1 aliphatic heterocycles. The SMILES string of the molecule is Cc1ccc(N(CC(O)CN2CCOCC2)S(=O)(=O)c2ccc([N+](=O)[O-])cc2)cc1.Cl. The molecule has 1 heterocycles. The lowest BCUT2D eigenvalue weighted by molar-refractivity contribution is -0.384. The number of aryl methyl sites for hydroxylation is 1. The summed E-state index contributed by atoms with van der Waals surface area (Å²) < 4.78 is 33.1. The fourth-order valence-corrected chi connectivity index (χ4v) is 4.75. The zero-order chi connectivity index (χ0) is 21.7. The highest BCUT2D eigenvalue weighted by atomic mass is 35.5. The number of nitrogens with zero attached hydrogens (tertiary/aromatic N) is 3. The molecule has 31 heavy (non-hydrogen) atoms. The van der Waals surface area contributed by atoms with Gasteiger partial charge in [-0.1, -0.05) is 17.7 Å². The van der Waals surface area contributed by atoms with Crippen LogP contribution < -0.4 is 4.31 Å². The fraction of sp³-hybridized carbons (Fsp3) is 0.400. The topological polar surface area (TPSA) is 113 Å². The third kappa shape index (κ3) is 6.37. The molecule has 1 unspecified atom stereocenters. The Kier molecular flexibility index (Phi) is 8.78. The molecule has 1 N–H and O–H groups in total. The van der Waals surface area contributed by atoms with Crippen LogP contribution in [0.25, 0.3) is 0 Å². The molecule has 0 aromatic heterocycles. The standard InChI is InChI=1S/C20H25N3O6S.ClH/c1-16-2-4-17(5-3-16)22(15-19(24)14-21-10-12-29-13-11-21)30(27,28)20-8-6-18(7-9-20)23(25)26;/h2-9,19,24H,10-15H2,1H3;1H. The summed E-state index contributed by atoms with van der Waals surface area (Å²) in [6, 6.07) is 11.7. The first-order valence-corrected chi connectivity index (χ1v) is 11.0. The molecule has 1 aliphatic rings. The number of β-amino-alcohol motifs (C(OH)–C–C–N with tert-alkyl or cyclic N) is 1. The minimum absolute atomic E-state index is 0. The zero-order valence-electron chi connectivity index (χ0n) is 17.1. The van der Waals surface area contributed by atoms with Crippen LogP contribution in [0.3, 0.4) is 0 Å². The summed E-state index contributed by atoms with van der Waals surface area (Å²) in [5.74, 6) is 0. The van der Waals surface area contributed by atoms with Crippen molar-refractivity contribution in [1.82, 2.24) is 4.90 Å². The molecule has 0 amide bonds. The Morgan fingerprint density at radius 3 is 2.26 bits per heavy atom. The third-order valence-corrected chi connectivity index (χ3v) is 6.71. The van der Waals surface area contributed by atoms with Crippen LogP contribution in [-0.2, 0) is 14.8 Å². The Bertz CT molecular complexity index is 963. The van der Waals surface area contributed by atoms with E-state index in [-0.39, 0.29) is 29.5 Å². The van der Waals surface area contributed by atoms with Crippen LogP contribution in [0.5, 0.6) is 0 Å². The predicted octanol–water partition coefficient (Wildman–Crippen LogP) is 2.21. The van der Waals surface area contributed by atoms with Gasteiger partial charge in [-0.05, 0) is 31.2 Å². The minimum atomic E-state index is -4.04. The van der Waals surface area contributed by atoms with Crippen molar-refractivity contribution in [1.29, 1.82) is 0 Å². The van der Waals surface area contributed by atoms with Gasteiger partial charge < -0.3 is 9.84 Å². The number of ether oxygens (including phenoxy) is 1. The number of hydrogen-bond donors (Lipinski definition) is 1. The van der Waals surface area contributed by atoms with Gasteiger partial charge in [0.25, 0.3) is 15.7 Å². The van der Waals surface area contributed by atoms with Crippen LogP contribution in [0.15, 0.2) is 53.4 Å². The number of benzene rings is 2. The molecule has 11 heteroatoms. The van der Waals surface area contributed by atoms with Gasteiger partial charge in [0.15, 0.2) is 0 Å². The first-order chi connectivity index (χ1) is 14.3. The van der Waals surface area contributed by atoms with Gasteiger partial charge in [-0.25, -0.2) is 8.42 Å². The van der Waals surface area contributed by atoms with Crippen molar-refractivity contribution >= 4 is 33.8 Å². The molecule has 2 aromatic carbocycles. The first kappa shape index (κ1) is 25.0. The third-order valence-electron chi connectivity index (χ3n) is 4.91. The van der Waals surface area contributed by atoms with Crippen LogP contribution in [0.1, 0.15) is 5.56 Å². The van der Waals surface area contributed by atoms with Gasteiger partial charge in [-0.3, -0.25) is 19.3 Å². The van der Waals surface area contributed by atoms with Gasteiger partial charge in [0.1, 0.15) is 0 Å². The van der Waals surface area contributed by atoms with Gasteiger partial charge in [-0.2, -0.15) is 0 Å². The second-order valence-electron chi connectivity index (χ2n) is 7.19. The summed E-state index contributed by atoms with van der Waals surface area (Å²) in [7, 11) is -4.04. The number of halogens is 1. The molecular weight excluding hydrogens is 446 g/mol. The van der Waals surface area contributed by atoms with E-state index in [1.807, 2.05) is 11.8 Å². The van der Waals surface area contributed by atoms with E-state index in [1.165, 1.54) is 12.1 Å². The van der Waals surface area contributed by atoms with Gasteiger partial charge in [0.05, 0.1) is 41.4 Å². The normalized spacial score (nSPS) is 15.7. The monoisotopic (exact) mass is 471 g/mol. The Morgan fingerprint density at radius 2 is 1.71 bits per heavy atom. The number of rotatable bonds is 8. The fourth-order valence-electron chi connectivity index (χ4n) is 3.25. The molecule has 0 aliphatic carbocycles. The molecule has 0 saturated carbocycles. The number of sulfonamides is 1. The zero-order valence-corrected chi connectivity index (χ0v) is 18.7. The summed E-state index contributed by atoms with van der Waals surface area (Å²) in [6.07, 6.45) is -0.919. The highest BCUT2D eigenvalue weighted by molar-refractivity contribution is 7.92. The van der Waals surface area contributed by atoms with Gasteiger partial charge in [0.2, 0.25) is 0 Å². The highest BCUT2D eigenvalue weighted by Gasteiger charge is 2.28. The molecular formula is C20H26ClN3O6S. The van der Waals surface area contributed by atoms with Gasteiger partial charge in [0, 0.05) is 31.8 Å². The lowest BCUT2D eigenvalue weighted by Crippen LogP contribution is -2.46. The lowest BCUT2D eigenvalue weighted by Gasteiger charge is -2.31. The number of nitro benzene ring substituents is 1. The van der Waals surface area contributed by atoms with E-state index in [2.05, 4.69) is 0 Å². The van der Waals surface area contributed by atoms with Gasteiger partial charge in [-0.15, -0.1) is 12.4 Å². The number of nitro groups is 1. The molecule has 3 rings (SSSR count). The summed E-state index contributed by atoms with van der Waals surface area (Å²) >= 11 is 0. The van der Waals surface area contributed by atoms with E-state index in [0.717, 1.165) is 22.0 Å². The minimum Gasteiger partial charge on any atom is -0.390 e. The molecule has 0 spiro atoms. The summed E-state index contributed by atoms with van der Waals surface area (Å²) in [5.41, 5.74) is 1.20. The molecule has 2 aromatic rings.